The molecule has 1 fully saturated rings. The summed E-state index contributed by atoms with van der Waals surface area (Å²) in [6, 6.07) is 8.89. The summed E-state index contributed by atoms with van der Waals surface area (Å²) in [5.74, 6) is -1.26. The smallest absolute Gasteiger partial charge is 0.295 e. The number of sulfone groups is 1. The molecule has 0 radical (unpaired) electrons. The van der Waals surface area contributed by atoms with Gasteiger partial charge in [-0.3, -0.25) is 14.4 Å². The van der Waals surface area contributed by atoms with Crippen molar-refractivity contribution in [3.05, 3.63) is 60.2 Å². The Bertz CT molecular complexity index is 1690. The van der Waals surface area contributed by atoms with Gasteiger partial charge in [0.15, 0.2) is 5.82 Å². The number of hydrogen-bond acceptors (Lipinski definition) is 9. The molecule has 0 spiro atoms. The number of H-pyrrole nitrogens is 1. The maximum Gasteiger partial charge on any atom is 0.295 e. The zero-order valence-corrected chi connectivity index (χ0v) is 22.7. The molecule has 4 heterocycles. The Hall–Kier alpha value is -4.59. The van der Waals surface area contributed by atoms with Crippen molar-refractivity contribution in [1.82, 2.24) is 34.5 Å². The van der Waals surface area contributed by atoms with Gasteiger partial charge in [0.25, 0.3) is 22.8 Å². The molecular weight excluding hydrogens is 538 g/mol. The number of nitrogens with one attached hydrogen (secondary N) is 1. The van der Waals surface area contributed by atoms with Crippen LogP contribution in [0.4, 0.5) is 0 Å². The number of carbonyl (C=O) groups excluding carboxylic acids is 3. The highest BCUT2D eigenvalue weighted by molar-refractivity contribution is 7.91. The van der Waals surface area contributed by atoms with Gasteiger partial charge in [-0.1, -0.05) is 25.1 Å². The van der Waals surface area contributed by atoms with Crippen LogP contribution in [0.2, 0.25) is 0 Å². The van der Waals surface area contributed by atoms with Crippen LogP contribution in [-0.4, -0.2) is 99.6 Å². The van der Waals surface area contributed by atoms with E-state index in [1.165, 1.54) is 35.4 Å². The Morgan fingerprint density at radius 1 is 1.02 bits per heavy atom. The molecule has 13 nitrogen and oxygen atoms in total. The quantitative estimate of drug-likeness (QED) is 0.247. The van der Waals surface area contributed by atoms with E-state index in [4.69, 9.17) is 4.74 Å². The molecule has 1 aromatic carbocycles. The summed E-state index contributed by atoms with van der Waals surface area (Å²) in [4.78, 5) is 53.6. The van der Waals surface area contributed by atoms with Crippen molar-refractivity contribution in [2.24, 2.45) is 0 Å². The molecule has 1 saturated heterocycles. The van der Waals surface area contributed by atoms with Gasteiger partial charge in [0.05, 0.1) is 35.5 Å². The molecule has 1 aliphatic heterocycles. The van der Waals surface area contributed by atoms with Gasteiger partial charge in [-0.05, 0) is 18.6 Å². The van der Waals surface area contributed by atoms with Crippen molar-refractivity contribution in [2.75, 3.05) is 39.0 Å². The maximum atomic E-state index is 13.4. The molecule has 3 aromatic heterocycles. The summed E-state index contributed by atoms with van der Waals surface area (Å²) in [6.07, 6.45) is 4.39. The maximum absolute atomic E-state index is 13.4. The number of fused-ring (bicyclic) bond motifs is 1. The number of hydrogen-bond donors (Lipinski definition) is 1. The van der Waals surface area contributed by atoms with Crippen molar-refractivity contribution in [3.8, 4) is 11.6 Å². The molecule has 14 heteroatoms. The minimum atomic E-state index is -3.66. The predicted octanol–water partition coefficient (Wildman–Crippen LogP) is 1.50. The third-order valence-corrected chi connectivity index (χ3v) is 8.32. The summed E-state index contributed by atoms with van der Waals surface area (Å²) >= 11 is 0. The van der Waals surface area contributed by atoms with Crippen LogP contribution in [0.3, 0.4) is 0 Å². The molecule has 1 N–H and O–H groups in total. The number of nitrogens with zero attached hydrogens (tertiary/aromatic N) is 6. The van der Waals surface area contributed by atoms with Crippen molar-refractivity contribution < 1.29 is 27.5 Å². The zero-order valence-electron chi connectivity index (χ0n) is 21.9. The Labute approximate surface area is 229 Å². The van der Waals surface area contributed by atoms with E-state index in [0.29, 0.717) is 36.0 Å². The number of ether oxygens (including phenoxy) is 1. The zero-order chi connectivity index (χ0) is 28.4. The molecule has 0 bridgehead atoms. The second-order valence-corrected chi connectivity index (χ2v) is 11.2. The first-order valence-corrected chi connectivity index (χ1v) is 14.3. The Balaban J connectivity index is 1.38. The number of amides is 2. The number of Topliss-reactive ketones (excluding diaryl/α,β-unsaturated/α-hetero) is 1. The van der Waals surface area contributed by atoms with Crippen molar-refractivity contribution in [1.29, 1.82) is 0 Å². The summed E-state index contributed by atoms with van der Waals surface area (Å²) in [7, 11) is -2.25. The second kappa shape index (κ2) is 10.9. The summed E-state index contributed by atoms with van der Waals surface area (Å²) in [5.41, 5.74) is 0.955. The van der Waals surface area contributed by atoms with Crippen LogP contribution in [0.25, 0.3) is 16.7 Å². The highest BCUT2D eigenvalue weighted by atomic mass is 32.2. The van der Waals surface area contributed by atoms with E-state index in [1.807, 2.05) is 6.07 Å². The number of carbonyl (C=O) groups is 3. The fourth-order valence-corrected chi connectivity index (χ4v) is 5.74. The average Bonchev–Trinajstić information content (AvgIpc) is 3.65. The van der Waals surface area contributed by atoms with Gasteiger partial charge < -0.3 is 19.5 Å². The lowest BCUT2D eigenvalue weighted by atomic mass is 10.1. The molecule has 0 saturated carbocycles. The third kappa shape index (κ3) is 4.93. The standard InChI is InChI=1S/C26H27N7O6S/c1-3-13-40(37,38)26-29-16-33(30-26)23-21-20(19(39-2)15-28-23)18(14-27-21)22(34)25(36)32-11-9-31(10-12-32)24(35)17-7-5-4-6-8-17/h4-8,14-16,27H,3,9-13H2,1-2H3. The Morgan fingerprint density at radius 2 is 1.73 bits per heavy atom. The fraction of sp³-hybridized carbons (Fsp3) is 0.308. The first-order chi connectivity index (χ1) is 19.2. The Morgan fingerprint density at radius 3 is 2.40 bits per heavy atom. The lowest BCUT2D eigenvalue weighted by molar-refractivity contribution is -0.127. The van der Waals surface area contributed by atoms with Crippen LogP contribution in [-0.2, 0) is 14.6 Å². The van der Waals surface area contributed by atoms with Gasteiger partial charge in [-0.2, -0.15) is 4.68 Å². The Kier molecular flexibility index (Phi) is 7.34. The predicted molar refractivity (Wildman–Crippen MR) is 143 cm³/mol. The van der Waals surface area contributed by atoms with Crippen LogP contribution in [0, 0.1) is 0 Å². The lowest BCUT2D eigenvalue weighted by Crippen LogP contribution is -2.52. The molecule has 0 aliphatic carbocycles. The monoisotopic (exact) mass is 565 g/mol. The van der Waals surface area contributed by atoms with Crippen LogP contribution in [0.15, 0.2) is 54.2 Å². The topological polar surface area (TPSA) is 160 Å². The largest absolute Gasteiger partial charge is 0.494 e. The molecule has 40 heavy (non-hydrogen) atoms. The van der Waals surface area contributed by atoms with E-state index in [0.717, 1.165) is 0 Å². The van der Waals surface area contributed by atoms with E-state index in [1.54, 1.807) is 36.1 Å². The van der Waals surface area contributed by atoms with Gasteiger partial charge in [-0.25, -0.2) is 18.4 Å². The average molecular weight is 566 g/mol. The minimum Gasteiger partial charge on any atom is -0.494 e. The molecule has 2 amide bonds. The molecular formula is C26H27N7O6S. The number of ketones is 1. The van der Waals surface area contributed by atoms with Gasteiger partial charge in [-0.15, -0.1) is 5.10 Å². The van der Waals surface area contributed by atoms with E-state index < -0.39 is 21.5 Å². The lowest BCUT2D eigenvalue weighted by Gasteiger charge is -2.34. The summed E-state index contributed by atoms with van der Waals surface area (Å²) in [6.45, 7) is 2.76. The van der Waals surface area contributed by atoms with Gasteiger partial charge >= 0.3 is 0 Å². The highest BCUT2D eigenvalue weighted by Gasteiger charge is 2.31. The number of aromatic amines is 1. The number of aromatic nitrogens is 5. The summed E-state index contributed by atoms with van der Waals surface area (Å²) < 4.78 is 31.4. The SMILES string of the molecule is CCCS(=O)(=O)c1ncn(-c2ncc(OC)c3c(C(=O)C(=O)N4CCN(C(=O)c5ccccc5)CC4)c[nH]c23)n1. The van der Waals surface area contributed by atoms with Crippen LogP contribution in [0.1, 0.15) is 34.1 Å². The number of methoxy groups -OCH3 is 1. The van der Waals surface area contributed by atoms with Crippen molar-refractivity contribution in [2.45, 2.75) is 18.5 Å². The first-order valence-electron chi connectivity index (χ1n) is 12.6. The molecule has 4 aromatic rings. The molecule has 1 aliphatic rings. The summed E-state index contributed by atoms with van der Waals surface area (Å²) in [5, 5.41) is 4.06. The highest BCUT2D eigenvalue weighted by Crippen LogP contribution is 2.32. The van der Waals surface area contributed by atoms with Crippen LogP contribution < -0.4 is 4.74 Å². The minimum absolute atomic E-state index is 0.0715. The number of rotatable bonds is 8. The van der Waals surface area contributed by atoms with E-state index in [9.17, 15) is 22.8 Å². The molecule has 208 valence electrons. The van der Waals surface area contributed by atoms with E-state index in [-0.39, 0.29) is 47.0 Å². The first kappa shape index (κ1) is 27.0. The molecule has 0 atom stereocenters. The number of piperazine rings is 1. The van der Waals surface area contributed by atoms with Crippen LogP contribution in [0.5, 0.6) is 5.75 Å². The fourth-order valence-electron chi connectivity index (χ4n) is 4.60. The van der Waals surface area contributed by atoms with Crippen molar-refractivity contribution >= 4 is 38.3 Å². The normalized spacial score (nSPS) is 13.9. The van der Waals surface area contributed by atoms with E-state index >= 15 is 0 Å². The number of pyridine rings is 1. The third-order valence-electron chi connectivity index (χ3n) is 6.63. The number of benzene rings is 1. The molecule has 0 unspecified atom stereocenters. The second-order valence-electron chi connectivity index (χ2n) is 9.17. The van der Waals surface area contributed by atoms with Gasteiger partial charge in [0.1, 0.15) is 12.1 Å². The van der Waals surface area contributed by atoms with E-state index in [2.05, 4.69) is 20.1 Å². The van der Waals surface area contributed by atoms with Crippen LogP contribution >= 0.6 is 0 Å². The van der Waals surface area contributed by atoms with Gasteiger partial charge in [0, 0.05) is 37.9 Å². The van der Waals surface area contributed by atoms with Gasteiger partial charge in [0.2, 0.25) is 9.84 Å². The van der Waals surface area contributed by atoms with Crippen molar-refractivity contribution in [3.63, 3.8) is 0 Å². The molecule has 5 rings (SSSR count).